The van der Waals surface area contributed by atoms with Crippen molar-refractivity contribution in [1.82, 2.24) is 20.4 Å². The Morgan fingerprint density at radius 1 is 1.17 bits per heavy atom. The number of nitrogens with zero attached hydrogens (tertiary/aromatic N) is 2. The highest BCUT2D eigenvalue weighted by Crippen LogP contribution is 2.24. The summed E-state index contributed by atoms with van der Waals surface area (Å²) in [5.74, 6) is 0.634. The molecule has 1 aromatic heterocycles. The van der Waals surface area contributed by atoms with E-state index in [4.69, 9.17) is 0 Å². The van der Waals surface area contributed by atoms with Crippen LogP contribution in [0.25, 0.3) is 16.7 Å². The summed E-state index contributed by atoms with van der Waals surface area (Å²) >= 11 is 0. The lowest BCUT2D eigenvalue weighted by Gasteiger charge is -2.11. The van der Waals surface area contributed by atoms with Crippen molar-refractivity contribution in [2.75, 3.05) is 0 Å². The monoisotopic (exact) mass is 318 g/mol. The van der Waals surface area contributed by atoms with Gasteiger partial charge >= 0.3 is 0 Å². The van der Waals surface area contributed by atoms with Crippen molar-refractivity contribution in [3.05, 3.63) is 71.6 Å². The fraction of sp³-hybridized carbons (Fsp3) is 0.158. The van der Waals surface area contributed by atoms with Crippen LogP contribution in [-0.4, -0.2) is 15.5 Å². The van der Waals surface area contributed by atoms with Crippen molar-refractivity contribution >= 4 is 22.6 Å². The first-order chi connectivity index (χ1) is 11.7. The van der Waals surface area contributed by atoms with Crippen molar-refractivity contribution in [1.29, 1.82) is 0 Å². The van der Waals surface area contributed by atoms with Gasteiger partial charge in [0.25, 0.3) is 0 Å². The van der Waals surface area contributed by atoms with Gasteiger partial charge in [-0.2, -0.15) is 0 Å². The molecule has 24 heavy (non-hydrogen) atoms. The average Bonchev–Trinajstić information content (AvgIpc) is 3.15. The molecule has 0 radical (unpaired) electrons. The second-order valence-corrected chi connectivity index (χ2v) is 5.90. The van der Waals surface area contributed by atoms with Crippen molar-refractivity contribution < 1.29 is 4.79 Å². The minimum Gasteiger partial charge on any atom is -0.331 e. The van der Waals surface area contributed by atoms with Crippen LogP contribution in [0.5, 0.6) is 0 Å². The Labute approximate surface area is 140 Å². The van der Waals surface area contributed by atoms with Gasteiger partial charge in [0.2, 0.25) is 5.91 Å². The van der Waals surface area contributed by atoms with E-state index >= 15 is 0 Å². The fourth-order valence-electron chi connectivity index (χ4n) is 3.08. The highest BCUT2D eigenvalue weighted by Gasteiger charge is 2.15. The number of nitrogens with one attached hydrogen (secondary N) is 2. The zero-order valence-electron chi connectivity index (χ0n) is 13.4. The number of hydrazine groups is 1. The Morgan fingerprint density at radius 2 is 1.96 bits per heavy atom. The first-order valence-corrected chi connectivity index (χ1v) is 7.96. The first kappa shape index (κ1) is 14.5. The molecule has 0 saturated heterocycles. The zero-order valence-corrected chi connectivity index (χ0v) is 13.4. The number of aryl methyl sites for hydroxylation is 1. The van der Waals surface area contributed by atoms with Crippen molar-refractivity contribution in [3.8, 4) is 0 Å². The van der Waals surface area contributed by atoms with Gasteiger partial charge in [-0.25, -0.2) is 4.98 Å². The summed E-state index contributed by atoms with van der Waals surface area (Å²) in [5, 5.41) is 0. The number of fused-ring (bicyclic) bond motifs is 2. The molecule has 1 amide bonds. The molecule has 1 aliphatic rings. The molecule has 0 unspecified atom stereocenters. The SMILES string of the molecule is Cn1c(CC(=O)NNC2=CCc3ccccc32)nc2ccccc21. The summed E-state index contributed by atoms with van der Waals surface area (Å²) in [7, 11) is 1.93. The third-order valence-electron chi connectivity index (χ3n) is 4.37. The minimum absolute atomic E-state index is 0.112. The van der Waals surface area contributed by atoms with Crippen LogP contribution >= 0.6 is 0 Å². The number of benzene rings is 2. The normalized spacial score (nSPS) is 12.8. The molecule has 3 aromatic rings. The second kappa shape index (κ2) is 5.85. The molecular formula is C19H18N4O. The van der Waals surface area contributed by atoms with E-state index < -0.39 is 0 Å². The molecule has 1 aliphatic carbocycles. The summed E-state index contributed by atoms with van der Waals surface area (Å²) < 4.78 is 1.96. The quantitative estimate of drug-likeness (QED) is 0.726. The molecule has 2 N–H and O–H groups in total. The molecule has 0 atom stereocenters. The van der Waals surface area contributed by atoms with E-state index in [2.05, 4.69) is 34.0 Å². The van der Waals surface area contributed by atoms with E-state index in [1.54, 1.807) is 0 Å². The number of aromatic nitrogens is 2. The van der Waals surface area contributed by atoms with Gasteiger partial charge in [-0.3, -0.25) is 15.6 Å². The molecule has 1 heterocycles. The summed E-state index contributed by atoms with van der Waals surface area (Å²) in [6, 6.07) is 16.1. The van der Waals surface area contributed by atoms with Crippen molar-refractivity contribution in [2.24, 2.45) is 7.05 Å². The third-order valence-corrected chi connectivity index (χ3v) is 4.37. The lowest BCUT2D eigenvalue weighted by Crippen LogP contribution is -2.37. The largest absolute Gasteiger partial charge is 0.331 e. The third kappa shape index (κ3) is 2.54. The second-order valence-electron chi connectivity index (χ2n) is 5.90. The fourth-order valence-corrected chi connectivity index (χ4v) is 3.08. The van der Waals surface area contributed by atoms with Crippen molar-refractivity contribution in [2.45, 2.75) is 12.8 Å². The summed E-state index contributed by atoms with van der Waals surface area (Å²) in [6.07, 6.45) is 3.20. The van der Waals surface area contributed by atoms with Gasteiger partial charge in [-0.15, -0.1) is 0 Å². The molecule has 0 aliphatic heterocycles. The Morgan fingerprint density at radius 3 is 2.83 bits per heavy atom. The molecule has 0 fully saturated rings. The van der Waals surface area contributed by atoms with Crippen LogP contribution in [0.4, 0.5) is 0 Å². The zero-order chi connectivity index (χ0) is 16.5. The summed E-state index contributed by atoms with van der Waals surface area (Å²) in [6.45, 7) is 0. The number of imidazole rings is 1. The van der Waals surface area contributed by atoms with E-state index in [0.717, 1.165) is 34.5 Å². The minimum atomic E-state index is -0.112. The van der Waals surface area contributed by atoms with Crippen LogP contribution < -0.4 is 10.9 Å². The maximum Gasteiger partial charge on any atom is 0.245 e. The first-order valence-electron chi connectivity index (χ1n) is 7.96. The van der Waals surface area contributed by atoms with Crippen LogP contribution in [0, 0.1) is 0 Å². The van der Waals surface area contributed by atoms with E-state index in [-0.39, 0.29) is 12.3 Å². The number of allylic oxidation sites excluding steroid dienone is 1. The van der Waals surface area contributed by atoms with Gasteiger partial charge in [0.1, 0.15) is 5.82 Å². The van der Waals surface area contributed by atoms with E-state index in [0.29, 0.717) is 0 Å². The van der Waals surface area contributed by atoms with Gasteiger partial charge in [0.15, 0.2) is 0 Å². The molecule has 0 saturated carbocycles. The van der Waals surface area contributed by atoms with E-state index in [1.807, 2.05) is 48.0 Å². The number of carbonyl (C=O) groups excluding carboxylic acids is 1. The number of para-hydroxylation sites is 2. The molecule has 5 nitrogen and oxygen atoms in total. The summed E-state index contributed by atoms with van der Waals surface area (Å²) in [4.78, 5) is 16.8. The highest BCUT2D eigenvalue weighted by atomic mass is 16.2. The van der Waals surface area contributed by atoms with E-state index in [1.165, 1.54) is 5.56 Å². The topological polar surface area (TPSA) is 59.0 Å². The maximum absolute atomic E-state index is 12.3. The Hall–Kier alpha value is -3.08. The predicted molar refractivity (Wildman–Crippen MR) is 93.8 cm³/mol. The van der Waals surface area contributed by atoms with E-state index in [9.17, 15) is 4.79 Å². The number of rotatable bonds is 4. The predicted octanol–water partition coefficient (Wildman–Crippen LogP) is 2.33. The van der Waals surface area contributed by atoms with Gasteiger partial charge in [-0.1, -0.05) is 42.5 Å². The van der Waals surface area contributed by atoms with Crippen LogP contribution in [0.15, 0.2) is 54.6 Å². The van der Waals surface area contributed by atoms with Crippen LogP contribution in [0.3, 0.4) is 0 Å². The summed E-state index contributed by atoms with van der Waals surface area (Å²) in [5.41, 5.74) is 11.1. The average molecular weight is 318 g/mol. The molecule has 120 valence electrons. The van der Waals surface area contributed by atoms with Crippen molar-refractivity contribution in [3.63, 3.8) is 0 Å². The molecular weight excluding hydrogens is 300 g/mol. The smallest absolute Gasteiger partial charge is 0.245 e. The van der Waals surface area contributed by atoms with Crippen LogP contribution in [0.1, 0.15) is 17.0 Å². The Balaban J connectivity index is 1.43. The molecule has 0 spiro atoms. The Bertz CT molecular complexity index is 955. The van der Waals surface area contributed by atoms with Gasteiger partial charge in [-0.05, 0) is 24.1 Å². The van der Waals surface area contributed by atoms with Crippen LogP contribution in [-0.2, 0) is 24.7 Å². The molecule has 2 aromatic carbocycles. The molecule has 4 rings (SSSR count). The number of carbonyl (C=O) groups is 1. The standard InChI is InChI=1S/C19H18N4O/c1-23-17-9-5-4-8-16(17)20-18(23)12-19(24)22-21-15-11-10-13-6-2-3-7-14(13)15/h2-9,11,21H,10,12H2,1H3,(H,22,24). The number of hydrogen-bond acceptors (Lipinski definition) is 3. The molecule has 5 heteroatoms. The van der Waals surface area contributed by atoms with Crippen LogP contribution in [0.2, 0.25) is 0 Å². The van der Waals surface area contributed by atoms with Gasteiger partial charge < -0.3 is 4.57 Å². The number of amides is 1. The van der Waals surface area contributed by atoms with Gasteiger partial charge in [0.05, 0.1) is 23.2 Å². The maximum atomic E-state index is 12.3. The highest BCUT2D eigenvalue weighted by molar-refractivity contribution is 5.82. The van der Waals surface area contributed by atoms with Gasteiger partial charge in [0, 0.05) is 12.6 Å². The molecule has 0 bridgehead atoms. The lowest BCUT2D eigenvalue weighted by molar-refractivity contribution is -0.121. The lowest BCUT2D eigenvalue weighted by atomic mass is 10.1. The Kier molecular flexibility index (Phi) is 3.54. The number of hydrogen-bond donors (Lipinski definition) is 2.